The van der Waals surface area contributed by atoms with E-state index < -0.39 is 11.9 Å². The summed E-state index contributed by atoms with van der Waals surface area (Å²) in [7, 11) is 0. The Kier molecular flexibility index (Phi) is 3.64. The third-order valence-electron chi connectivity index (χ3n) is 4.07. The van der Waals surface area contributed by atoms with Gasteiger partial charge in [-0.1, -0.05) is 6.07 Å². The number of hydrogen-bond donors (Lipinski definition) is 1. The fourth-order valence-electron chi connectivity index (χ4n) is 2.75. The first-order valence-electron chi connectivity index (χ1n) is 7.50. The van der Waals surface area contributed by atoms with Gasteiger partial charge in [-0.2, -0.15) is 5.10 Å². The van der Waals surface area contributed by atoms with Gasteiger partial charge >= 0.3 is 5.97 Å². The van der Waals surface area contributed by atoms with Gasteiger partial charge in [-0.05, 0) is 50.5 Å². The van der Waals surface area contributed by atoms with E-state index in [1.54, 1.807) is 0 Å². The van der Waals surface area contributed by atoms with Crippen LogP contribution in [-0.4, -0.2) is 27.5 Å². The molecule has 2 aromatic rings. The van der Waals surface area contributed by atoms with Crippen molar-refractivity contribution in [2.75, 3.05) is 6.61 Å². The van der Waals surface area contributed by atoms with Crippen molar-refractivity contribution in [3.05, 3.63) is 35.7 Å². The molecule has 1 unspecified atom stereocenters. The van der Waals surface area contributed by atoms with Crippen molar-refractivity contribution in [2.24, 2.45) is 5.92 Å². The molecule has 2 heterocycles. The lowest BCUT2D eigenvalue weighted by molar-refractivity contribution is -0.143. The van der Waals surface area contributed by atoms with E-state index in [2.05, 4.69) is 18.9 Å². The largest absolute Gasteiger partial charge is 0.492 e. The minimum Gasteiger partial charge on any atom is -0.492 e. The van der Waals surface area contributed by atoms with Crippen LogP contribution in [0.4, 0.5) is 0 Å². The molecule has 0 aliphatic carbocycles. The molecule has 1 aliphatic heterocycles. The number of rotatable bonds is 3. The van der Waals surface area contributed by atoms with Crippen LogP contribution in [0, 0.1) is 12.8 Å². The molecule has 22 heavy (non-hydrogen) atoms. The summed E-state index contributed by atoms with van der Waals surface area (Å²) >= 11 is 0. The van der Waals surface area contributed by atoms with Crippen LogP contribution in [0.3, 0.4) is 0 Å². The Labute approximate surface area is 129 Å². The molecule has 0 saturated heterocycles. The topological polar surface area (TPSA) is 64.4 Å². The third-order valence-corrected chi connectivity index (χ3v) is 4.07. The number of nitrogens with zero attached hydrogens (tertiary/aromatic N) is 2. The van der Waals surface area contributed by atoms with E-state index in [4.69, 9.17) is 9.84 Å². The fourth-order valence-corrected chi connectivity index (χ4v) is 2.75. The van der Waals surface area contributed by atoms with Crippen molar-refractivity contribution in [1.82, 2.24) is 9.78 Å². The summed E-state index contributed by atoms with van der Waals surface area (Å²) in [6.45, 7) is 6.42. The Bertz CT molecular complexity index is 719. The van der Waals surface area contributed by atoms with Gasteiger partial charge in [-0.15, -0.1) is 0 Å². The lowest BCUT2D eigenvalue weighted by Gasteiger charge is -2.23. The summed E-state index contributed by atoms with van der Waals surface area (Å²) in [6, 6.07) is 6.27. The quantitative estimate of drug-likeness (QED) is 0.946. The summed E-state index contributed by atoms with van der Waals surface area (Å²) in [4.78, 5) is 11.2. The van der Waals surface area contributed by atoms with Gasteiger partial charge in [0.05, 0.1) is 11.6 Å². The molecule has 1 aliphatic rings. The van der Waals surface area contributed by atoms with Gasteiger partial charge < -0.3 is 9.84 Å². The summed E-state index contributed by atoms with van der Waals surface area (Å²) in [5, 5.41) is 13.7. The zero-order valence-electron chi connectivity index (χ0n) is 13.0. The van der Waals surface area contributed by atoms with E-state index in [1.165, 1.54) is 0 Å². The molecule has 3 rings (SSSR count). The highest BCUT2D eigenvalue weighted by molar-refractivity contribution is 5.72. The second-order valence-electron chi connectivity index (χ2n) is 6.07. The summed E-state index contributed by atoms with van der Waals surface area (Å²) in [5.74, 6) is -0.489. The molecule has 5 nitrogen and oxygen atoms in total. The Hall–Kier alpha value is -2.30. The number of hydrogen-bond acceptors (Lipinski definition) is 3. The van der Waals surface area contributed by atoms with Crippen molar-refractivity contribution in [3.63, 3.8) is 0 Å². The fraction of sp³-hybridized carbons (Fsp3) is 0.412. The molecular formula is C17H20N2O3. The number of aryl methyl sites for hydroxylation is 1. The first kappa shape index (κ1) is 14.6. The Morgan fingerprint density at radius 1 is 1.45 bits per heavy atom. The smallest absolute Gasteiger partial charge is 0.310 e. The van der Waals surface area contributed by atoms with Gasteiger partial charge in [0, 0.05) is 17.8 Å². The van der Waals surface area contributed by atoms with Gasteiger partial charge in [0.2, 0.25) is 0 Å². The van der Waals surface area contributed by atoms with Crippen LogP contribution in [-0.2, 0) is 11.2 Å². The molecule has 1 aromatic heterocycles. The second kappa shape index (κ2) is 5.48. The maximum Gasteiger partial charge on any atom is 0.310 e. The predicted octanol–water partition coefficient (Wildman–Crippen LogP) is 3.08. The average molecular weight is 300 g/mol. The highest BCUT2D eigenvalue weighted by Gasteiger charge is 2.26. The Morgan fingerprint density at radius 2 is 2.23 bits per heavy atom. The zero-order valence-corrected chi connectivity index (χ0v) is 13.0. The molecule has 0 fully saturated rings. The molecule has 1 N–H and O–H groups in total. The van der Waals surface area contributed by atoms with Crippen LogP contribution < -0.4 is 4.74 Å². The number of aliphatic carboxylic acids is 1. The van der Waals surface area contributed by atoms with E-state index >= 15 is 0 Å². The molecule has 116 valence electrons. The van der Waals surface area contributed by atoms with Gasteiger partial charge in [-0.3, -0.25) is 9.48 Å². The number of aromatic nitrogens is 2. The summed E-state index contributed by atoms with van der Waals surface area (Å²) in [5.41, 5.74) is 4.06. The number of carboxylic acids is 1. The maximum atomic E-state index is 11.2. The molecule has 0 radical (unpaired) electrons. The number of benzene rings is 1. The molecule has 5 heteroatoms. The van der Waals surface area contributed by atoms with Crippen molar-refractivity contribution in [1.29, 1.82) is 0 Å². The maximum absolute atomic E-state index is 11.2. The van der Waals surface area contributed by atoms with Gasteiger partial charge in [0.1, 0.15) is 12.4 Å². The van der Waals surface area contributed by atoms with E-state index in [0.29, 0.717) is 12.5 Å². The standard InChI is InChI=1S/C17H20N2O3/c1-10(2)19-8-15(11(3)18-19)12-4-5-16-13(6-12)7-14(9-22-16)17(20)21/h4-6,8,10,14H,7,9H2,1-3H3,(H,20,21). The average Bonchev–Trinajstić information content (AvgIpc) is 2.88. The van der Waals surface area contributed by atoms with E-state index in [1.807, 2.05) is 36.0 Å². The first-order valence-corrected chi connectivity index (χ1v) is 7.50. The number of carbonyl (C=O) groups is 1. The molecule has 0 bridgehead atoms. The lowest BCUT2D eigenvalue weighted by Crippen LogP contribution is -2.27. The van der Waals surface area contributed by atoms with Crippen LogP contribution in [0.5, 0.6) is 5.75 Å². The predicted molar refractivity (Wildman–Crippen MR) is 83.1 cm³/mol. The van der Waals surface area contributed by atoms with Crippen molar-refractivity contribution in [3.8, 4) is 16.9 Å². The summed E-state index contributed by atoms with van der Waals surface area (Å²) in [6.07, 6.45) is 2.55. The van der Waals surface area contributed by atoms with Crippen LogP contribution in [0.25, 0.3) is 11.1 Å². The van der Waals surface area contributed by atoms with Crippen LogP contribution >= 0.6 is 0 Å². The second-order valence-corrected chi connectivity index (χ2v) is 6.07. The molecule has 1 atom stereocenters. The monoisotopic (exact) mass is 300 g/mol. The molecule has 0 amide bonds. The van der Waals surface area contributed by atoms with Gasteiger partial charge in [0.25, 0.3) is 0 Å². The molecule has 0 spiro atoms. The van der Waals surface area contributed by atoms with Crippen LogP contribution in [0.1, 0.15) is 31.1 Å². The van der Waals surface area contributed by atoms with E-state index in [9.17, 15) is 4.79 Å². The normalized spacial score (nSPS) is 17.2. The highest BCUT2D eigenvalue weighted by Crippen LogP contribution is 2.33. The third kappa shape index (κ3) is 2.58. The van der Waals surface area contributed by atoms with Gasteiger partial charge in [0.15, 0.2) is 0 Å². The van der Waals surface area contributed by atoms with Crippen LogP contribution in [0.15, 0.2) is 24.4 Å². The lowest BCUT2D eigenvalue weighted by atomic mass is 9.94. The van der Waals surface area contributed by atoms with E-state index in [0.717, 1.165) is 28.1 Å². The van der Waals surface area contributed by atoms with Crippen LogP contribution in [0.2, 0.25) is 0 Å². The molecule has 1 aromatic carbocycles. The number of carboxylic acid groups (broad SMARTS) is 1. The van der Waals surface area contributed by atoms with Crippen molar-refractivity contribution in [2.45, 2.75) is 33.2 Å². The molecule has 0 saturated carbocycles. The Balaban J connectivity index is 1.97. The van der Waals surface area contributed by atoms with Gasteiger partial charge in [-0.25, -0.2) is 0 Å². The SMILES string of the molecule is Cc1nn(C(C)C)cc1-c1ccc2c(c1)CC(C(=O)O)CO2. The Morgan fingerprint density at radius 3 is 2.86 bits per heavy atom. The number of ether oxygens (including phenoxy) is 1. The van der Waals surface area contributed by atoms with Crippen molar-refractivity contribution >= 4 is 5.97 Å². The zero-order chi connectivity index (χ0) is 15.9. The minimum absolute atomic E-state index is 0.242. The minimum atomic E-state index is -0.806. The van der Waals surface area contributed by atoms with E-state index in [-0.39, 0.29) is 6.61 Å². The van der Waals surface area contributed by atoms with Crippen molar-refractivity contribution < 1.29 is 14.6 Å². The summed E-state index contributed by atoms with van der Waals surface area (Å²) < 4.78 is 7.51. The highest BCUT2D eigenvalue weighted by atomic mass is 16.5. The molecular weight excluding hydrogens is 280 g/mol. The first-order chi connectivity index (χ1) is 10.5. The number of fused-ring (bicyclic) bond motifs is 1.